The molecule has 1 N–H and O–H groups in total. The molecule has 1 amide bonds. The molecule has 0 spiro atoms. The van der Waals surface area contributed by atoms with Gasteiger partial charge in [0.25, 0.3) is 5.91 Å². The van der Waals surface area contributed by atoms with Crippen molar-refractivity contribution in [2.24, 2.45) is 0 Å². The lowest BCUT2D eigenvalue weighted by Gasteiger charge is -2.06. The van der Waals surface area contributed by atoms with Gasteiger partial charge in [0.05, 0.1) is 12.1 Å². The second kappa shape index (κ2) is 7.79. The number of nitrogens with one attached hydrogen (secondary N) is 1. The predicted octanol–water partition coefficient (Wildman–Crippen LogP) is 5.91. The van der Waals surface area contributed by atoms with Crippen LogP contribution in [0.1, 0.15) is 15.9 Å². The molecule has 25 heavy (non-hydrogen) atoms. The fraction of sp³-hybridized carbons (Fsp3) is 0.0588. The van der Waals surface area contributed by atoms with Crippen LogP contribution in [0.4, 0.5) is 5.82 Å². The number of nitrogens with zero attached hydrogens (tertiary/aromatic N) is 2. The Morgan fingerprint density at radius 1 is 1.12 bits per heavy atom. The SMILES string of the molecule is O=C(Nc1nn(Cc2ccc(Cl)cc2Cl)cc1Cl)c1ccccc1Br. The van der Waals surface area contributed by atoms with Crippen molar-refractivity contribution in [1.82, 2.24) is 9.78 Å². The number of carbonyl (C=O) groups excluding carboxylic acids is 1. The number of hydrogen-bond acceptors (Lipinski definition) is 2. The molecule has 3 rings (SSSR count). The quantitative estimate of drug-likeness (QED) is 0.528. The third-order valence-corrected chi connectivity index (χ3v) is 4.97. The minimum atomic E-state index is -0.302. The van der Waals surface area contributed by atoms with Gasteiger partial charge in [-0.2, -0.15) is 5.10 Å². The van der Waals surface area contributed by atoms with Crippen LogP contribution < -0.4 is 5.32 Å². The summed E-state index contributed by atoms with van der Waals surface area (Å²) in [6, 6.07) is 12.3. The number of hydrogen-bond donors (Lipinski definition) is 1. The topological polar surface area (TPSA) is 46.9 Å². The summed E-state index contributed by atoms with van der Waals surface area (Å²) in [5.74, 6) is -0.0170. The molecule has 2 aromatic carbocycles. The van der Waals surface area contributed by atoms with Gasteiger partial charge < -0.3 is 5.32 Å². The Bertz CT molecular complexity index is 943. The molecule has 0 aliphatic heterocycles. The normalized spacial score (nSPS) is 10.7. The Morgan fingerprint density at radius 2 is 1.88 bits per heavy atom. The second-order valence-corrected chi connectivity index (χ2v) is 7.30. The zero-order valence-electron chi connectivity index (χ0n) is 12.6. The average molecular weight is 460 g/mol. The molecule has 0 aliphatic rings. The van der Waals surface area contributed by atoms with Gasteiger partial charge in [-0.05, 0) is 45.8 Å². The smallest absolute Gasteiger partial charge is 0.258 e. The number of benzene rings is 2. The van der Waals surface area contributed by atoms with E-state index in [0.29, 0.717) is 31.6 Å². The van der Waals surface area contributed by atoms with Crippen LogP contribution in [0, 0.1) is 0 Å². The summed E-state index contributed by atoms with van der Waals surface area (Å²) in [5, 5.41) is 8.46. The monoisotopic (exact) mass is 457 g/mol. The molecule has 0 unspecified atom stereocenters. The highest BCUT2D eigenvalue weighted by atomic mass is 79.9. The Morgan fingerprint density at radius 3 is 2.60 bits per heavy atom. The van der Waals surface area contributed by atoms with Crippen molar-refractivity contribution in [2.45, 2.75) is 6.54 Å². The summed E-state index contributed by atoms with van der Waals surface area (Å²) < 4.78 is 2.30. The van der Waals surface area contributed by atoms with Gasteiger partial charge in [-0.25, -0.2) is 0 Å². The predicted molar refractivity (Wildman–Crippen MR) is 105 cm³/mol. The molecule has 8 heteroatoms. The maximum absolute atomic E-state index is 12.4. The van der Waals surface area contributed by atoms with E-state index in [1.807, 2.05) is 12.1 Å². The van der Waals surface area contributed by atoms with E-state index in [0.717, 1.165) is 5.56 Å². The van der Waals surface area contributed by atoms with Crippen molar-refractivity contribution in [3.8, 4) is 0 Å². The minimum absolute atomic E-state index is 0.285. The second-order valence-electron chi connectivity index (χ2n) is 5.19. The number of anilines is 1. The first kappa shape index (κ1) is 18.3. The van der Waals surface area contributed by atoms with Crippen LogP contribution in [0.2, 0.25) is 15.1 Å². The molecule has 0 bridgehead atoms. The summed E-state index contributed by atoms with van der Waals surface area (Å²) in [6.45, 7) is 0.403. The van der Waals surface area contributed by atoms with Gasteiger partial charge in [0.1, 0.15) is 5.02 Å². The Labute approximate surface area is 167 Å². The minimum Gasteiger partial charge on any atom is -0.304 e. The maximum atomic E-state index is 12.4. The number of aromatic nitrogens is 2. The van der Waals surface area contributed by atoms with Crippen LogP contribution in [0.15, 0.2) is 53.1 Å². The molecule has 4 nitrogen and oxygen atoms in total. The van der Waals surface area contributed by atoms with Crippen LogP contribution in [-0.4, -0.2) is 15.7 Å². The molecule has 0 saturated carbocycles. The number of carbonyl (C=O) groups is 1. The molecule has 3 aromatic rings. The highest BCUT2D eigenvalue weighted by Gasteiger charge is 2.15. The average Bonchev–Trinajstić information content (AvgIpc) is 2.90. The molecule has 1 heterocycles. The van der Waals surface area contributed by atoms with E-state index < -0.39 is 0 Å². The summed E-state index contributed by atoms with van der Waals surface area (Å²) >= 11 is 21.6. The Hall–Kier alpha value is -1.53. The van der Waals surface area contributed by atoms with Gasteiger partial charge in [-0.15, -0.1) is 0 Å². The summed E-state index contributed by atoms with van der Waals surface area (Å²) in [5.41, 5.74) is 1.34. The van der Waals surface area contributed by atoms with E-state index in [1.54, 1.807) is 41.2 Å². The van der Waals surface area contributed by atoms with Crippen molar-refractivity contribution in [3.05, 3.63) is 79.3 Å². The first-order valence-corrected chi connectivity index (χ1v) is 9.09. The van der Waals surface area contributed by atoms with Gasteiger partial charge >= 0.3 is 0 Å². The molecule has 0 aliphatic carbocycles. The lowest BCUT2D eigenvalue weighted by molar-refractivity contribution is 0.102. The zero-order chi connectivity index (χ0) is 18.0. The number of amides is 1. The van der Waals surface area contributed by atoms with Crippen molar-refractivity contribution in [3.63, 3.8) is 0 Å². The van der Waals surface area contributed by atoms with Gasteiger partial charge in [0, 0.05) is 20.7 Å². The molecule has 0 atom stereocenters. The van der Waals surface area contributed by atoms with Gasteiger partial charge in [-0.1, -0.05) is 53.0 Å². The lowest BCUT2D eigenvalue weighted by atomic mass is 10.2. The van der Waals surface area contributed by atoms with E-state index in [4.69, 9.17) is 34.8 Å². The standard InChI is InChI=1S/C17H11BrCl3N3O/c18-13-4-2-1-3-12(13)17(25)22-16-15(21)9-24(23-16)8-10-5-6-11(19)7-14(10)20/h1-7,9H,8H2,(H,22,23,25). The van der Waals surface area contributed by atoms with Crippen LogP contribution >= 0.6 is 50.7 Å². The van der Waals surface area contributed by atoms with E-state index in [2.05, 4.69) is 26.3 Å². The molecular formula is C17H11BrCl3N3O. The highest BCUT2D eigenvalue weighted by molar-refractivity contribution is 9.10. The fourth-order valence-corrected chi connectivity index (χ4v) is 3.34. The molecule has 0 fully saturated rings. The molecule has 1 aromatic heterocycles. The maximum Gasteiger partial charge on any atom is 0.258 e. The summed E-state index contributed by atoms with van der Waals surface area (Å²) in [4.78, 5) is 12.4. The molecule has 0 radical (unpaired) electrons. The summed E-state index contributed by atoms with van der Waals surface area (Å²) in [6.07, 6.45) is 1.63. The van der Waals surface area contributed by atoms with Crippen molar-refractivity contribution < 1.29 is 4.79 Å². The molecular weight excluding hydrogens is 448 g/mol. The third kappa shape index (κ3) is 4.36. The van der Waals surface area contributed by atoms with Crippen molar-refractivity contribution in [2.75, 3.05) is 5.32 Å². The Balaban J connectivity index is 1.78. The largest absolute Gasteiger partial charge is 0.304 e. The number of rotatable bonds is 4. The zero-order valence-corrected chi connectivity index (χ0v) is 16.5. The van der Waals surface area contributed by atoms with Crippen molar-refractivity contribution >= 4 is 62.5 Å². The molecule has 0 saturated heterocycles. The fourth-order valence-electron chi connectivity index (χ4n) is 2.21. The lowest BCUT2D eigenvalue weighted by Crippen LogP contribution is -2.13. The van der Waals surface area contributed by atoms with Crippen LogP contribution in [0.3, 0.4) is 0 Å². The van der Waals surface area contributed by atoms with Gasteiger partial charge in [0.15, 0.2) is 5.82 Å². The van der Waals surface area contributed by atoms with E-state index in [9.17, 15) is 4.79 Å². The van der Waals surface area contributed by atoms with Crippen LogP contribution in [-0.2, 0) is 6.54 Å². The van der Waals surface area contributed by atoms with Crippen LogP contribution in [0.25, 0.3) is 0 Å². The molecule has 128 valence electrons. The van der Waals surface area contributed by atoms with Crippen molar-refractivity contribution in [1.29, 1.82) is 0 Å². The van der Waals surface area contributed by atoms with E-state index >= 15 is 0 Å². The first-order valence-electron chi connectivity index (χ1n) is 7.17. The third-order valence-electron chi connectivity index (χ3n) is 3.41. The number of halogens is 4. The van der Waals surface area contributed by atoms with Gasteiger partial charge in [0.2, 0.25) is 0 Å². The van der Waals surface area contributed by atoms with E-state index in [-0.39, 0.29) is 11.7 Å². The highest BCUT2D eigenvalue weighted by Crippen LogP contribution is 2.25. The first-order chi connectivity index (χ1) is 11.9. The Kier molecular flexibility index (Phi) is 5.69. The summed E-state index contributed by atoms with van der Waals surface area (Å²) in [7, 11) is 0. The van der Waals surface area contributed by atoms with Crippen LogP contribution in [0.5, 0.6) is 0 Å². The van der Waals surface area contributed by atoms with Gasteiger partial charge in [-0.3, -0.25) is 9.48 Å². The van der Waals surface area contributed by atoms with E-state index in [1.165, 1.54) is 0 Å².